The fraction of sp³-hybridized carbons (Fsp3) is 1.00. The van der Waals surface area contributed by atoms with E-state index in [1.807, 2.05) is 0 Å². The van der Waals surface area contributed by atoms with Crippen LogP contribution in [0.4, 0.5) is 0 Å². The Morgan fingerprint density at radius 1 is 1.33 bits per heavy atom. The lowest BCUT2D eigenvalue weighted by Crippen LogP contribution is -2.49. The summed E-state index contributed by atoms with van der Waals surface area (Å²) in [5.41, 5.74) is 5.97. The van der Waals surface area contributed by atoms with Gasteiger partial charge in [0.2, 0.25) is 0 Å². The SMILES string of the molecule is CCOC1([C@@H](C)N)CCCCC1. The minimum atomic E-state index is 0.00694. The molecule has 0 aliphatic heterocycles. The molecule has 0 aromatic heterocycles. The Hall–Kier alpha value is -0.0800. The van der Waals surface area contributed by atoms with E-state index in [0.717, 1.165) is 19.4 Å². The zero-order valence-electron chi connectivity index (χ0n) is 8.31. The van der Waals surface area contributed by atoms with Crippen molar-refractivity contribution in [3.8, 4) is 0 Å². The molecule has 1 rings (SSSR count). The van der Waals surface area contributed by atoms with Gasteiger partial charge in [-0.05, 0) is 26.7 Å². The maximum absolute atomic E-state index is 5.96. The molecule has 0 saturated heterocycles. The molecule has 2 nitrogen and oxygen atoms in total. The Morgan fingerprint density at radius 3 is 2.33 bits per heavy atom. The topological polar surface area (TPSA) is 35.2 Å². The lowest BCUT2D eigenvalue weighted by Gasteiger charge is -2.40. The van der Waals surface area contributed by atoms with Gasteiger partial charge in [0.1, 0.15) is 0 Å². The van der Waals surface area contributed by atoms with Gasteiger partial charge in [-0.25, -0.2) is 0 Å². The van der Waals surface area contributed by atoms with Gasteiger partial charge < -0.3 is 10.5 Å². The van der Waals surface area contributed by atoms with Crippen molar-refractivity contribution in [3.05, 3.63) is 0 Å². The molecule has 0 radical (unpaired) electrons. The molecule has 1 saturated carbocycles. The number of nitrogens with two attached hydrogens (primary N) is 1. The van der Waals surface area contributed by atoms with Gasteiger partial charge in [-0.2, -0.15) is 0 Å². The van der Waals surface area contributed by atoms with Crippen LogP contribution in [0.15, 0.2) is 0 Å². The van der Waals surface area contributed by atoms with Crippen LogP contribution in [0, 0.1) is 0 Å². The largest absolute Gasteiger partial charge is 0.374 e. The van der Waals surface area contributed by atoms with Crippen LogP contribution in [-0.2, 0) is 4.74 Å². The quantitative estimate of drug-likeness (QED) is 0.705. The summed E-state index contributed by atoms with van der Waals surface area (Å²) in [5.74, 6) is 0. The van der Waals surface area contributed by atoms with Crippen LogP contribution in [0.1, 0.15) is 46.0 Å². The molecule has 0 spiro atoms. The number of ether oxygens (including phenoxy) is 1. The maximum atomic E-state index is 5.96. The van der Waals surface area contributed by atoms with E-state index in [1.165, 1.54) is 19.3 Å². The van der Waals surface area contributed by atoms with Gasteiger partial charge in [-0.15, -0.1) is 0 Å². The first-order valence-corrected chi connectivity index (χ1v) is 5.11. The average molecular weight is 171 g/mol. The zero-order chi connectivity index (χ0) is 9.03. The van der Waals surface area contributed by atoms with E-state index in [2.05, 4.69) is 13.8 Å². The van der Waals surface area contributed by atoms with E-state index in [-0.39, 0.29) is 11.6 Å². The summed E-state index contributed by atoms with van der Waals surface area (Å²) in [5, 5.41) is 0. The molecule has 0 unspecified atom stereocenters. The van der Waals surface area contributed by atoms with E-state index in [4.69, 9.17) is 10.5 Å². The zero-order valence-corrected chi connectivity index (χ0v) is 8.31. The molecule has 2 heteroatoms. The minimum Gasteiger partial charge on any atom is -0.374 e. The van der Waals surface area contributed by atoms with Crippen LogP contribution < -0.4 is 5.73 Å². The first-order valence-electron chi connectivity index (χ1n) is 5.11. The molecule has 0 heterocycles. The van der Waals surface area contributed by atoms with E-state index in [9.17, 15) is 0 Å². The predicted molar refractivity (Wildman–Crippen MR) is 51.1 cm³/mol. The molecular weight excluding hydrogens is 150 g/mol. The van der Waals surface area contributed by atoms with Crippen LogP contribution in [0.2, 0.25) is 0 Å². The highest BCUT2D eigenvalue weighted by Crippen LogP contribution is 2.33. The van der Waals surface area contributed by atoms with Crippen molar-refractivity contribution >= 4 is 0 Å². The minimum absolute atomic E-state index is 0.00694. The highest BCUT2D eigenvalue weighted by molar-refractivity contribution is 4.91. The van der Waals surface area contributed by atoms with Gasteiger partial charge in [0.25, 0.3) is 0 Å². The van der Waals surface area contributed by atoms with Gasteiger partial charge in [0, 0.05) is 12.6 Å². The first kappa shape index (κ1) is 10.0. The van der Waals surface area contributed by atoms with Crippen molar-refractivity contribution in [2.75, 3.05) is 6.61 Å². The van der Waals surface area contributed by atoms with Crippen molar-refractivity contribution in [2.45, 2.75) is 57.6 Å². The van der Waals surface area contributed by atoms with Crippen molar-refractivity contribution in [3.63, 3.8) is 0 Å². The molecular formula is C10H21NO. The Labute approximate surface area is 75.5 Å². The Kier molecular flexibility index (Phi) is 3.53. The molecule has 1 aliphatic rings. The van der Waals surface area contributed by atoms with E-state index in [0.29, 0.717) is 0 Å². The number of hydrogen-bond donors (Lipinski definition) is 1. The van der Waals surface area contributed by atoms with Crippen LogP contribution >= 0.6 is 0 Å². The van der Waals surface area contributed by atoms with Crippen molar-refractivity contribution < 1.29 is 4.74 Å². The van der Waals surface area contributed by atoms with Crippen LogP contribution in [-0.4, -0.2) is 18.2 Å². The summed E-state index contributed by atoms with van der Waals surface area (Å²) in [6, 6.07) is 0.178. The molecule has 12 heavy (non-hydrogen) atoms. The molecule has 1 aliphatic carbocycles. The van der Waals surface area contributed by atoms with Gasteiger partial charge >= 0.3 is 0 Å². The third-order valence-corrected chi connectivity index (χ3v) is 2.96. The highest BCUT2D eigenvalue weighted by atomic mass is 16.5. The molecule has 72 valence electrons. The number of rotatable bonds is 3. The van der Waals surface area contributed by atoms with E-state index < -0.39 is 0 Å². The Balaban J connectivity index is 2.56. The lowest BCUT2D eigenvalue weighted by molar-refractivity contribution is -0.0782. The third-order valence-electron chi connectivity index (χ3n) is 2.96. The second-order valence-corrected chi connectivity index (χ2v) is 3.85. The monoisotopic (exact) mass is 171 g/mol. The second kappa shape index (κ2) is 4.24. The second-order valence-electron chi connectivity index (χ2n) is 3.85. The van der Waals surface area contributed by atoms with E-state index in [1.54, 1.807) is 0 Å². The smallest absolute Gasteiger partial charge is 0.0829 e. The third kappa shape index (κ3) is 1.99. The van der Waals surface area contributed by atoms with Crippen molar-refractivity contribution in [1.82, 2.24) is 0 Å². The Bertz CT molecular complexity index is 122. The number of hydrogen-bond acceptors (Lipinski definition) is 2. The predicted octanol–water partition coefficient (Wildman–Crippen LogP) is 2.07. The highest BCUT2D eigenvalue weighted by Gasteiger charge is 2.35. The molecule has 0 amide bonds. The molecule has 0 aromatic carbocycles. The first-order chi connectivity index (χ1) is 5.71. The van der Waals surface area contributed by atoms with Crippen molar-refractivity contribution in [2.24, 2.45) is 5.73 Å². The fourth-order valence-electron chi connectivity index (χ4n) is 2.17. The summed E-state index contributed by atoms with van der Waals surface area (Å²) < 4.78 is 5.81. The molecule has 0 aromatic rings. The fourth-order valence-corrected chi connectivity index (χ4v) is 2.17. The summed E-state index contributed by atoms with van der Waals surface area (Å²) in [6.45, 7) is 4.92. The normalized spacial score (nSPS) is 25.2. The van der Waals surface area contributed by atoms with Crippen molar-refractivity contribution in [1.29, 1.82) is 0 Å². The van der Waals surface area contributed by atoms with Gasteiger partial charge in [-0.3, -0.25) is 0 Å². The Morgan fingerprint density at radius 2 is 1.92 bits per heavy atom. The molecule has 1 atom stereocenters. The molecule has 0 bridgehead atoms. The summed E-state index contributed by atoms with van der Waals surface area (Å²) in [4.78, 5) is 0. The summed E-state index contributed by atoms with van der Waals surface area (Å²) in [6.07, 6.45) is 6.21. The van der Waals surface area contributed by atoms with Crippen LogP contribution in [0.5, 0.6) is 0 Å². The summed E-state index contributed by atoms with van der Waals surface area (Å²) >= 11 is 0. The van der Waals surface area contributed by atoms with Gasteiger partial charge in [-0.1, -0.05) is 19.3 Å². The lowest BCUT2D eigenvalue weighted by atomic mass is 9.80. The molecule has 1 fully saturated rings. The van der Waals surface area contributed by atoms with E-state index >= 15 is 0 Å². The average Bonchev–Trinajstić information content (AvgIpc) is 2.06. The van der Waals surface area contributed by atoms with Gasteiger partial charge in [0.05, 0.1) is 5.60 Å². The van der Waals surface area contributed by atoms with Crippen LogP contribution in [0.25, 0.3) is 0 Å². The van der Waals surface area contributed by atoms with Crippen LogP contribution in [0.3, 0.4) is 0 Å². The summed E-state index contributed by atoms with van der Waals surface area (Å²) in [7, 11) is 0. The molecule has 2 N–H and O–H groups in total. The maximum Gasteiger partial charge on any atom is 0.0829 e. The standard InChI is InChI=1S/C10H21NO/c1-3-12-10(9(2)11)7-5-4-6-8-10/h9H,3-8,11H2,1-2H3/t9-/m1/s1. The van der Waals surface area contributed by atoms with Gasteiger partial charge in [0.15, 0.2) is 0 Å².